The summed E-state index contributed by atoms with van der Waals surface area (Å²) in [5, 5.41) is 0. The van der Waals surface area contributed by atoms with E-state index in [0.717, 1.165) is 66.8 Å². The molecule has 9 nitrogen and oxygen atoms in total. The van der Waals surface area contributed by atoms with E-state index in [2.05, 4.69) is 60.3 Å². The van der Waals surface area contributed by atoms with Gasteiger partial charge < -0.3 is 33.2 Å². The quantitative estimate of drug-likeness (QED) is 0.207. The summed E-state index contributed by atoms with van der Waals surface area (Å²) in [6.07, 6.45) is 3.19. The Kier molecular flexibility index (Phi) is 9.22. The minimum absolute atomic E-state index is 0.0392. The number of hydrogen-bond acceptors (Lipinski definition) is 9. The third-order valence-electron chi connectivity index (χ3n) is 10.2. The molecule has 9 heteroatoms. The summed E-state index contributed by atoms with van der Waals surface area (Å²) >= 11 is 0. The molecular formula is C40H46N2O7. The number of fused-ring (bicyclic) bond motifs is 2. The van der Waals surface area contributed by atoms with Crippen LogP contribution in [0.5, 0.6) is 51.7 Å². The fourth-order valence-electron chi connectivity index (χ4n) is 7.66. The normalized spacial score (nSPS) is 18.7. The Labute approximate surface area is 289 Å². The lowest BCUT2D eigenvalue weighted by molar-refractivity contribution is 0.213. The first kappa shape index (κ1) is 32.9. The summed E-state index contributed by atoms with van der Waals surface area (Å²) in [5.41, 5.74) is 6.88. The molecule has 4 aromatic carbocycles. The zero-order valence-electron chi connectivity index (χ0n) is 29.6. The number of hydrogen-bond donors (Lipinski definition) is 0. The highest BCUT2D eigenvalue weighted by Gasteiger charge is 2.38. The Hall–Kier alpha value is -4.60. The van der Waals surface area contributed by atoms with Crippen molar-refractivity contribution in [3.63, 3.8) is 0 Å². The molecule has 4 aromatic rings. The van der Waals surface area contributed by atoms with Crippen LogP contribution in [0, 0.1) is 0 Å². The van der Waals surface area contributed by atoms with Gasteiger partial charge in [-0.15, -0.1) is 0 Å². The lowest BCUT2D eigenvalue weighted by atomic mass is 9.86. The van der Waals surface area contributed by atoms with Crippen LogP contribution in [0.2, 0.25) is 0 Å². The fraction of sp³-hybridized carbons (Fsp3) is 0.400. The average molecular weight is 667 g/mol. The van der Waals surface area contributed by atoms with Gasteiger partial charge >= 0.3 is 0 Å². The molecular weight excluding hydrogens is 620 g/mol. The molecule has 0 saturated carbocycles. The Morgan fingerprint density at radius 1 is 0.673 bits per heavy atom. The first-order valence-corrected chi connectivity index (χ1v) is 17.0. The molecule has 0 unspecified atom stereocenters. The minimum atomic E-state index is -0.0392. The minimum Gasteiger partial charge on any atom is -0.493 e. The van der Waals surface area contributed by atoms with Crippen LogP contribution >= 0.6 is 0 Å². The third-order valence-corrected chi connectivity index (χ3v) is 10.2. The maximum Gasteiger partial charge on any atom is 0.208 e. The van der Waals surface area contributed by atoms with E-state index >= 15 is 0 Å². The van der Waals surface area contributed by atoms with Gasteiger partial charge in [0.15, 0.2) is 34.5 Å². The first-order chi connectivity index (χ1) is 23.9. The number of ether oxygens (including phenoxy) is 7. The van der Waals surface area contributed by atoms with Crippen molar-refractivity contribution in [3.8, 4) is 51.7 Å². The smallest absolute Gasteiger partial charge is 0.208 e. The lowest BCUT2D eigenvalue weighted by Crippen LogP contribution is -2.34. The highest BCUT2D eigenvalue weighted by atomic mass is 16.6. The maximum atomic E-state index is 7.10. The summed E-state index contributed by atoms with van der Waals surface area (Å²) in [5.74, 6) is 5.82. The van der Waals surface area contributed by atoms with E-state index in [1.54, 1.807) is 28.4 Å². The van der Waals surface area contributed by atoms with E-state index in [1.165, 1.54) is 11.1 Å². The molecule has 0 N–H and O–H groups in total. The van der Waals surface area contributed by atoms with Crippen LogP contribution in [0.15, 0.2) is 54.6 Å². The third kappa shape index (κ3) is 5.99. The molecule has 49 heavy (non-hydrogen) atoms. The van der Waals surface area contributed by atoms with E-state index in [4.69, 9.17) is 33.2 Å². The van der Waals surface area contributed by atoms with Crippen LogP contribution < -0.4 is 33.2 Å². The van der Waals surface area contributed by atoms with E-state index in [1.807, 2.05) is 25.1 Å². The Balaban J connectivity index is 1.49. The zero-order valence-corrected chi connectivity index (χ0v) is 29.6. The molecule has 0 spiro atoms. The molecule has 4 aliphatic heterocycles. The predicted molar refractivity (Wildman–Crippen MR) is 189 cm³/mol. The van der Waals surface area contributed by atoms with Gasteiger partial charge in [0.1, 0.15) is 5.75 Å². The van der Waals surface area contributed by atoms with E-state index in [-0.39, 0.29) is 12.1 Å². The van der Waals surface area contributed by atoms with Crippen molar-refractivity contribution in [3.05, 3.63) is 88.0 Å². The molecule has 0 aromatic heterocycles. The van der Waals surface area contributed by atoms with Crippen LogP contribution in [-0.2, 0) is 25.7 Å². The molecule has 0 saturated heterocycles. The Morgan fingerprint density at radius 2 is 1.35 bits per heavy atom. The predicted octanol–water partition coefficient (Wildman–Crippen LogP) is 7.56. The van der Waals surface area contributed by atoms with Crippen molar-refractivity contribution in [1.29, 1.82) is 0 Å². The molecule has 0 fully saturated rings. The first-order valence-electron chi connectivity index (χ1n) is 17.0. The molecule has 0 aliphatic carbocycles. The second-order valence-electron chi connectivity index (χ2n) is 13.0. The highest BCUT2D eigenvalue weighted by Crippen LogP contribution is 2.56. The second kappa shape index (κ2) is 13.7. The summed E-state index contributed by atoms with van der Waals surface area (Å²) in [4.78, 5) is 4.79. The number of rotatable bonds is 6. The van der Waals surface area contributed by atoms with Crippen molar-refractivity contribution in [2.24, 2.45) is 0 Å². The van der Waals surface area contributed by atoms with E-state index < -0.39 is 0 Å². The zero-order chi connectivity index (χ0) is 34.2. The monoisotopic (exact) mass is 666 g/mol. The van der Waals surface area contributed by atoms with Crippen LogP contribution in [0.3, 0.4) is 0 Å². The summed E-state index contributed by atoms with van der Waals surface area (Å²) < 4.78 is 43.8. The van der Waals surface area contributed by atoms with Crippen LogP contribution in [0.25, 0.3) is 0 Å². The summed E-state index contributed by atoms with van der Waals surface area (Å²) in [7, 11) is 11.0. The maximum absolute atomic E-state index is 7.10. The largest absolute Gasteiger partial charge is 0.493 e. The summed E-state index contributed by atoms with van der Waals surface area (Å²) in [6, 6.07) is 18.9. The fourth-order valence-corrected chi connectivity index (χ4v) is 7.66. The van der Waals surface area contributed by atoms with E-state index in [9.17, 15) is 0 Å². The Morgan fingerprint density at radius 3 is 2.06 bits per heavy atom. The summed E-state index contributed by atoms with van der Waals surface area (Å²) in [6.45, 7) is 4.26. The lowest BCUT2D eigenvalue weighted by Gasteiger charge is -2.38. The van der Waals surface area contributed by atoms with Gasteiger partial charge in [0.2, 0.25) is 11.5 Å². The van der Waals surface area contributed by atoms with Gasteiger partial charge in [-0.1, -0.05) is 18.2 Å². The van der Waals surface area contributed by atoms with Gasteiger partial charge in [0.05, 0.1) is 35.0 Å². The van der Waals surface area contributed by atoms with Gasteiger partial charge in [-0.2, -0.15) is 0 Å². The number of likely N-dealkylation sites (N-methyl/N-ethyl adjacent to an activating group) is 2. The van der Waals surface area contributed by atoms with Gasteiger partial charge in [-0.25, -0.2) is 0 Å². The highest BCUT2D eigenvalue weighted by molar-refractivity contribution is 5.70. The van der Waals surface area contributed by atoms with Crippen LogP contribution in [0.1, 0.15) is 52.4 Å². The van der Waals surface area contributed by atoms with Crippen LogP contribution in [0.4, 0.5) is 0 Å². The molecule has 0 amide bonds. The van der Waals surface area contributed by atoms with Gasteiger partial charge in [-0.05, 0) is 105 Å². The second-order valence-corrected chi connectivity index (χ2v) is 13.0. The molecule has 6 bridgehead atoms. The molecule has 2 atom stereocenters. The standard InChI is InChI=1S/C40H46N2O7/c1-8-47-37-28-16-18-42(3)31-19-24-9-12-27(13-10-24)48-34-21-25(11-14-32(34)43-4)20-30-29-23-35(33(44-5)22-26(29)15-17-41(30)2)49-38(36(28)31)40(46-7)39(37)45-6/h9-14,21-23,30-31H,8,15-20H2,1-7H3/t30-,31-/m0/s1. The molecule has 258 valence electrons. The van der Waals surface area contributed by atoms with Gasteiger partial charge in [0.25, 0.3) is 0 Å². The SMILES string of the molecule is CCOc1c2c3c(c(OC)c1OC)Oc1cc4c(cc1OC)CCN(C)[C@H]4Cc1ccc(OC)c(c1)Oc1ccc(cc1)C[C@@H]3N(C)CC2. The number of methoxy groups -OCH3 is 4. The van der Waals surface area contributed by atoms with Gasteiger partial charge in [-0.3, -0.25) is 9.80 Å². The number of benzene rings is 4. The van der Waals surface area contributed by atoms with Crippen molar-refractivity contribution < 1.29 is 33.2 Å². The van der Waals surface area contributed by atoms with Crippen molar-refractivity contribution in [2.75, 3.05) is 62.2 Å². The Bertz CT molecular complexity index is 1840. The van der Waals surface area contributed by atoms with Crippen molar-refractivity contribution in [1.82, 2.24) is 9.80 Å². The van der Waals surface area contributed by atoms with Crippen molar-refractivity contribution in [2.45, 2.75) is 44.7 Å². The molecule has 0 radical (unpaired) electrons. The molecule has 8 rings (SSSR count). The topological polar surface area (TPSA) is 71.1 Å². The average Bonchev–Trinajstić information content (AvgIpc) is 3.11. The molecule has 4 heterocycles. The van der Waals surface area contributed by atoms with E-state index in [0.29, 0.717) is 52.6 Å². The van der Waals surface area contributed by atoms with Crippen molar-refractivity contribution >= 4 is 0 Å². The molecule has 4 aliphatic rings. The van der Waals surface area contributed by atoms with Crippen LogP contribution in [-0.4, -0.2) is 72.0 Å². The number of nitrogens with zero attached hydrogens (tertiary/aromatic N) is 2. The van der Waals surface area contributed by atoms with Gasteiger partial charge in [0, 0.05) is 36.3 Å².